The third-order valence-electron chi connectivity index (χ3n) is 2.45. The molecular weight excluding hydrogens is 256 g/mol. The topological polar surface area (TPSA) is 81.2 Å². The van der Waals surface area contributed by atoms with Gasteiger partial charge in [-0.1, -0.05) is 5.16 Å². The van der Waals surface area contributed by atoms with Crippen LogP contribution in [0.4, 0.5) is 14.5 Å². The average Bonchev–Trinajstić information content (AvgIpc) is 2.78. The van der Waals surface area contributed by atoms with Gasteiger partial charge in [0, 0.05) is 11.6 Å². The van der Waals surface area contributed by atoms with E-state index in [0.29, 0.717) is 11.5 Å². The Labute approximate surface area is 107 Å². The number of hydrogen-bond donors (Lipinski definition) is 2. The van der Waals surface area contributed by atoms with Crippen molar-refractivity contribution in [1.82, 2.24) is 10.5 Å². The normalized spacial score (nSPS) is 10.5. The number of benzene rings is 1. The highest BCUT2D eigenvalue weighted by molar-refractivity contribution is 5.94. The predicted octanol–water partition coefficient (Wildman–Crippen LogP) is 1.77. The monoisotopic (exact) mass is 267 g/mol. The molecule has 0 aliphatic heterocycles. The highest BCUT2D eigenvalue weighted by atomic mass is 19.1. The third kappa shape index (κ3) is 2.87. The zero-order chi connectivity index (χ0) is 14.0. The Morgan fingerprint density at radius 1 is 1.37 bits per heavy atom. The van der Waals surface area contributed by atoms with Crippen LogP contribution in [0.5, 0.6) is 0 Å². The van der Waals surface area contributed by atoms with Crippen LogP contribution in [0.1, 0.15) is 21.8 Å². The van der Waals surface area contributed by atoms with Crippen LogP contribution in [0, 0.1) is 18.6 Å². The number of nitrogens with zero attached hydrogens (tertiary/aromatic N) is 1. The molecule has 0 unspecified atom stereocenters. The number of anilines is 1. The zero-order valence-corrected chi connectivity index (χ0v) is 10.0. The maximum Gasteiger partial charge on any atom is 0.251 e. The van der Waals surface area contributed by atoms with Crippen molar-refractivity contribution in [2.24, 2.45) is 0 Å². The van der Waals surface area contributed by atoms with Gasteiger partial charge in [0.05, 0.1) is 6.54 Å². The quantitative estimate of drug-likeness (QED) is 0.830. The van der Waals surface area contributed by atoms with E-state index < -0.39 is 23.2 Å². The van der Waals surface area contributed by atoms with Gasteiger partial charge < -0.3 is 15.6 Å². The van der Waals surface area contributed by atoms with Crippen molar-refractivity contribution in [3.05, 3.63) is 46.9 Å². The Kier molecular flexibility index (Phi) is 3.46. The summed E-state index contributed by atoms with van der Waals surface area (Å²) in [4.78, 5) is 11.7. The van der Waals surface area contributed by atoms with Crippen molar-refractivity contribution in [3.8, 4) is 0 Å². The molecule has 0 aliphatic rings. The zero-order valence-electron chi connectivity index (χ0n) is 10.0. The van der Waals surface area contributed by atoms with Gasteiger partial charge in [0.15, 0.2) is 0 Å². The summed E-state index contributed by atoms with van der Waals surface area (Å²) in [5, 5.41) is 6.14. The van der Waals surface area contributed by atoms with Crippen LogP contribution in [0.2, 0.25) is 0 Å². The molecule has 0 radical (unpaired) electrons. The minimum atomic E-state index is -0.970. The molecule has 5 nitrogen and oxygen atoms in total. The van der Waals surface area contributed by atoms with Crippen molar-refractivity contribution in [2.75, 3.05) is 5.73 Å². The number of carbonyl (C=O) groups is 1. The summed E-state index contributed by atoms with van der Waals surface area (Å²) in [6, 6.07) is 3.40. The molecule has 7 heteroatoms. The van der Waals surface area contributed by atoms with Crippen LogP contribution >= 0.6 is 0 Å². The van der Waals surface area contributed by atoms with E-state index in [0.717, 1.165) is 12.1 Å². The summed E-state index contributed by atoms with van der Waals surface area (Å²) >= 11 is 0. The molecule has 0 fully saturated rings. The standard InChI is InChI=1S/C12H11F2N3O2/c1-6-2-8(17-19-6)5-16-12(18)7-3-9(13)11(15)10(14)4-7/h2-4H,5,15H2,1H3,(H,16,18). The van der Waals surface area contributed by atoms with E-state index in [-0.39, 0.29) is 12.1 Å². The maximum atomic E-state index is 13.2. The number of rotatable bonds is 3. The van der Waals surface area contributed by atoms with Crippen molar-refractivity contribution in [2.45, 2.75) is 13.5 Å². The van der Waals surface area contributed by atoms with Gasteiger partial charge in [-0.15, -0.1) is 0 Å². The third-order valence-corrected chi connectivity index (χ3v) is 2.45. The van der Waals surface area contributed by atoms with Gasteiger partial charge in [0.2, 0.25) is 0 Å². The van der Waals surface area contributed by atoms with E-state index in [1.54, 1.807) is 13.0 Å². The fraction of sp³-hybridized carbons (Fsp3) is 0.167. The second kappa shape index (κ2) is 5.05. The molecule has 0 bridgehead atoms. The molecule has 3 N–H and O–H groups in total. The van der Waals surface area contributed by atoms with E-state index in [4.69, 9.17) is 10.3 Å². The van der Waals surface area contributed by atoms with Gasteiger partial charge in [0.25, 0.3) is 5.91 Å². The van der Waals surface area contributed by atoms with Crippen LogP contribution in [0.15, 0.2) is 22.7 Å². The lowest BCUT2D eigenvalue weighted by Crippen LogP contribution is -2.23. The molecule has 0 saturated heterocycles. The number of nitrogens with two attached hydrogens (primary N) is 1. The Bertz CT molecular complexity index is 602. The highest BCUT2D eigenvalue weighted by Crippen LogP contribution is 2.17. The number of aryl methyl sites for hydroxylation is 1. The van der Waals surface area contributed by atoms with Gasteiger partial charge >= 0.3 is 0 Å². The average molecular weight is 267 g/mol. The number of halogens is 2. The summed E-state index contributed by atoms with van der Waals surface area (Å²) in [6.45, 7) is 1.81. The van der Waals surface area contributed by atoms with Crippen LogP contribution < -0.4 is 11.1 Å². The molecule has 2 aromatic rings. The molecule has 1 heterocycles. The van der Waals surface area contributed by atoms with Crippen LogP contribution in [-0.4, -0.2) is 11.1 Å². The number of carbonyl (C=O) groups excluding carboxylic acids is 1. The van der Waals surface area contributed by atoms with Crippen molar-refractivity contribution in [3.63, 3.8) is 0 Å². The van der Waals surface area contributed by atoms with Gasteiger partial charge in [-0.25, -0.2) is 8.78 Å². The summed E-state index contributed by atoms with van der Waals surface area (Å²) in [6.07, 6.45) is 0. The van der Waals surface area contributed by atoms with E-state index in [2.05, 4.69) is 10.5 Å². The van der Waals surface area contributed by atoms with Crippen molar-refractivity contribution in [1.29, 1.82) is 0 Å². The SMILES string of the molecule is Cc1cc(CNC(=O)c2cc(F)c(N)c(F)c2)no1. The first kappa shape index (κ1) is 13.0. The smallest absolute Gasteiger partial charge is 0.251 e. The lowest BCUT2D eigenvalue weighted by molar-refractivity contribution is 0.0949. The molecule has 100 valence electrons. The predicted molar refractivity (Wildman–Crippen MR) is 63.2 cm³/mol. The molecule has 1 aromatic heterocycles. The second-order valence-electron chi connectivity index (χ2n) is 3.97. The van der Waals surface area contributed by atoms with E-state index >= 15 is 0 Å². The first-order chi connectivity index (χ1) is 8.97. The molecular formula is C12H11F2N3O2. The molecule has 0 atom stereocenters. The summed E-state index contributed by atoms with van der Waals surface area (Å²) in [7, 11) is 0. The lowest BCUT2D eigenvalue weighted by atomic mass is 10.1. The highest BCUT2D eigenvalue weighted by Gasteiger charge is 2.13. The maximum absolute atomic E-state index is 13.2. The van der Waals surface area contributed by atoms with Gasteiger partial charge in [-0.2, -0.15) is 0 Å². The molecule has 19 heavy (non-hydrogen) atoms. The van der Waals surface area contributed by atoms with E-state index in [9.17, 15) is 13.6 Å². The lowest BCUT2D eigenvalue weighted by Gasteiger charge is -2.05. The molecule has 2 rings (SSSR count). The molecule has 0 aliphatic carbocycles. The number of nitrogen functional groups attached to an aromatic ring is 1. The van der Waals surface area contributed by atoms with Gasteiger partial charge in [0.1, 0.15) is 28.8 Å². The fourth-order valence-corrected chi connectivity index (χ4v) is 1.49. The first-order valence-corrected chi connectivity index (χ1v) is 5.42. The number of amides is 1. The Morgan fingerprint density at radius 2 is 2.00 bits per heavy atom. The van der Waals surface area contributed by atoms with E-state index in [1.165, 1.54) is 0 Å². The second-order valence-corrected chi connectivity index (χ2v) is 3.97. The van der Waals surface area contributed by atoms with Crippen LogP contribution in [0.25, 0.3) is 0 Å². The summed E-state index contributed by atoms with van der Waals surface area (Å²) in [5.41, 5.74) is 4.87. The molecule has 0 spiro atoms. The van der Waals surface area contributed by atoms with Crippen molar-refractivity contribution >= 4 is 11.6 Å². The fourth-order valence-electron chi connectivity index (χ4n) is 1.49. The largest absolute Gasteiger partial charge is 0.394 e. The summed E-state index contributed by atoms with van der Waals surface area (Å²) < 4.78 is 31.2. The summed E-state index contributed by atoms with van der Waals surface area (Å²) in [5.74, 6) is -1.96. The molecule has 1 aromatic carbocycles. The van der Waals surface area contributed by atoms with E-state index in [1.807, 2.05) is 0 Å². The van der Waals surface area contributed by atoms with Crippen molar-refractivity contribution < 1.29 is 18.1 Å². The minimum Gasteiger partial charge on any atom is -0.394 e. The number of hydrogen-bond acceptors (Lipinski definition) is 4. The van der Waals surface area contributed by atoms with Gasteiger partial charge in [-0.05, 0) is 19.1 Å². The minimum absolute atomic E-state index is 0.101. The van der Waals surface area contributed by atoms with Gasteiger partial charge in [-0.3, -0.25) is 4.79 Å². The number of nitrogens with one attached hydrogen (secondary N) is 1. The molecule has 1 amide bonds. The Hall–Kier alpha value is -2.44. The molecule has 0 saturated carbocycles. The number of aromatic nitrogens is 1. The van der Waals surface area contributed by atoms with Crippen LogP contribution in [0.3, 0.4) is 0 Å². The Balaban J connectivity index is 2.08. The van der Waals surface area contributed by atoms with Crippen LogP contribution in [-0.2, 0) is 6.54 Å². The first-order valence-electron chi connectivity index (χ1n) is 5.42. The Morgan fingerprint density at radius 3 is 2.53 bits per heavy atom.